The maximum absolute atomic E-state index is 13.0. The van der Waals surface area contributed by atoms with Gasteiger partial charge in [-0.25, -0.2) is 0 Å². The number of benzene rings is 1. The topological polar surface area (TPSA) is 119 Å². The molecule has 216 valence electrons. The van der Waals surface area contributed by atoms with Gasteiger partial charge in [-0.1, -0.05) is 85.1 Å². The molecule has 1 aromatic rings. The van der Waals surface area contributed by atoms with Gasteiger partial charge in [-0.15, -0.1) is 0 Å². The molecule has 0 spiro atoms. The van der Waals surface area contributed by atoms with E-state index in [1.165, 1.54) is 43.4 Å². The molecule has 2 rings (SSSR count). The molecule has 1 atom stereocenters. The van der Waals surface area contributed by atoms with Crippen LogP contribution >= 0.6 is 0 Å². The maximum atomic E-state index is 13.0. The lowest BCUT2D eigenvalue weighted by Crippen LogP contribution is -2.38. The van der Waals surface area contributed by atoms with Crippen LogP contribution < -0.4 is 15.8 Å². The van der Waals surface area contributed by atoms with Crippen molar-refractivity contribution in [3.63, 3.8) is 0 Å². The van der Waals surface area contributed by atoms with Gasteiger partial charge in [-0.3, -0.25) is 29.4 Å². The number of carbonyl (C=O) groups excluding carboxylic acids is 4. The number of rotatable bonds is 17. The van der Waals surface area contributed by atoms with Gasteiger partial charge in [-0.05, 0) is 44.9 Å². The Bertz CT molecular complexity index is 826. The van der Waals surface area contributed by atoms with E-state index >= 15 is 0 Å². The third kappa shape index (κ3) is 12.7. The van der Waals surface area contributed by atoms with Gasteiger partial charge in [0.05, 0.1) is 17.7 Å². The summed E-state index contributed by atoms with van der Waals surface area (Å²) in [4.78, 5) is 48.8. The molecule has 8 nitrogen and oxygen atoms in total. The predicted octanol–water partition coefficient (Wildman–Crippen LogP) is 6.01. The largest absolute Gasteiger partial charge is 0.493 e. The van der Waals surface area contributed by atoms with E-state index in [9.17, 15) is 19.2 Å². The summed E-state index contributed by atoms with van der Waals surface area (Å²) in [7, 11) is 0. The molecule has 1 aromatic carbocycles. The third-order valence-electron chi connectivity index (χ3n) is 6.21. The van der Waals surface area contributed by atoms with E-state index in [2.05, 4.69) is 19.2 Å². The Kier molecular flexibility index (Phi) is 20.7. The number of hydrogen-bond acceptors (Lipinski definition) is 6. The fourth-order valence-electron chi connectivity index (χ4n) is 3.89. The van der Waals surface area contributed by atoms with E-state index in [-0.39, 0.29) is 18.7 Å². The van der Waals surface area contributed by atoms with E-state index in [4.69, 9.17) is 10.5 Å². The molecule has 1 heterocycles. The van der Waals surface area contributed by atoms with Gasteiger partial charge < -0.3 is 10.5 Å². The lowest BCUT2D eigenvalue weighted by Gasteiger charge is -2.22. The first-order chi connectivity index (χ1) is 18.4. The van der Waals surface area contributed by atoms with Gasteiger partial charge in [-0.2, -0.15) is 0 Å². The first-order valence-electron chi connectivity index (χ1n) is 14.5. The number of amides is 4. The van der Waals surface area contributed by atoms with Crippen molar-refractivity contribution >= 4 is 24.1 Å². The van der Waals surface area contributed by atoms with Crippen LogP contribution in [0.5, 0.6) is 5.75 Å². The number of carbonyl (C=O) groups is 4. The van der Waals surface area contributed by atoms with E-state index in [0.29, 0.717) is 29.9 Å². The average molecular weight is 534 g/mol. The Hall–Kier alpha value is -2.74. The molecule has 8 heteroatoms. The number of fused-ring (bicyclic) bond motifs is 1. The molecule has 1 aliphatic rings. The SMILES string of the molecule is CC.CC(CCC(=O)NC=O)N1C(=O)c2cccc(OCCCCCCCCCCN)c2C1=O.CCCC. The Morgan fingerprint density at radius 1 is 0.974 bits per heavy atom. The number of ether oxygens (including phenoxy) is 1. The third-order valence-corrected chi connectivity index (χ3v) is 6.21. The Morgan fingerprint density at radius 3 is 2.11 bits per heavy atom. The highest BCUT2D eigenvalue weighted by Gasteiger charge is 2.40. The van der Waals surface area contributed by atoms with Crippen LogP contribution in [0.15, 0.2) is 18.2 Å². The minimum atomic E-state index is -0.475. The number of nitrogens with one attached hydrogen (secondary N) is 1. The summed E-state index contributed by atoms with van der Waals surface area (Å²) in [5.74, 6) is -0.797. The minimum absolute atomic E-state index is 0.0453. The lowest BCUT2D eigenvalue weighted by molar-refractivity contribution is -0.125. The van der Waals surface area contributed by atoms with E-state index in [0.717, 1.165) is 32.2 Å². The predicted molar refractivity (Wildman–Crippen MR) is 153 cm³/mol. The molecule has 0 saturated carbocycles. The lowest BCUT2D eigenvalue weighted by atomic mass is 10.1. The molecule has 1 unspecified atom stereocenters. The fourth-order valence-corrected chi connectivity index (χ4v) is 3.89. The van der Waals surface area contributed by atoms with Crippen molar-refractivity contribution in [2.75, 3.05) is 13.2 Å². The zero-order valence-corrected chi connectivity index (χ0v) is 24.4. The first-order valence-corrected chi connectivity index (χ1v) is 14.5. The van der Waals surface area contributed by atoms with Crippen LogP contribution in [-0.2, 0) is 9.59 Å². The molecule has 0 radical (unpaired) electrons. The highest BCUT2D eigenvalue weighted by atomic mass is 16.5. The van der Waals surface area contributed by atoms with Crippen LogP contribution in [0.1, 0.15) is 132 Å². The minimum Gasteiger partial charge on any atom is -0.493 e. The highest BCUT2D eigenvalue weighted by molar-refractivity contribution is 6.22. The van der Waals surface area contributed by atoms with Crippen LogP contribution in [0.4, 0.5) is 0 Å². The first kappa shape index (κ1) is 35.3. The maximum Gasteiger partial charge on any atom is 0.265 e. The van der Waals surface area contributed by atoms with Crippen molar-refractivity contribution in [1.82, 2.24) is 10.2 Å². The monoisotopic (exact) mass is 533 g/mol. The molecule has 0 aliphatic carbocycles. The van der Waals surface area contributed by atoms with Gasteiger partial charge in [0.25, 0.3) is 11.8 Å². The average Bonchev–Trinajstić information content (AvgIpc) is 3.20. The van der Waals surface area contributed by atoms with E-state index in [1.807, 2.05) is 13.8 Å². The number of nitrogens with two attached hydrogens (primary N) is 1. The van der Waals surface area contributed by atoms with Gasteiger partial charge in [0.15, 0.2) is 0 Å². The summed E-state index contributed by atoms with van der Waals surface area (Å²) < 4.78 is 5.87. The molecular weight excluding hydrogens is 482 g/mol. The summed E-state index contributed by atoms with van der Waals surface area (Å²) in [6.45, 7) is 11.3. The molecule has 0 aromatic heterocycles. The van der Waals surface area contributed by atoms with Crippen LogP contribution in [-0.4, -0.2) is 48.2 Å². The van der Waals surface area contributed by atoms with Gasteiger partial charge >= 0.3 is 0 Å². The second-order valence-electron chi connectivity index (χ2n) is 9.20. The Labute approximate surface area is 230 Å². The summed E-state index contributed by atoms with van der Waals surface area (Å²) >= 11 is 0. The van der Waals surface area contributed by atoms with Crippen molar-refractivity contribution in [2.24, 2.45) is 5.73 Å². The van der Waals surface area contributed by atoms with Crippen molar-refractivity contribution in [2.45, 2.75) is 118 Å². The van der Waals surface area contributed by atoms with Crippen molar-refractivity contribution in [1.29, 1.82) is 0 Å². The van der Waals surface area contributed by atoms with Crippen LogP contribution in [0, 0.1) is 0 Å². The molecule has 3 N–H and O–H groups in total. The quantitative estimate of drug-likeness (QED) is 0.144. The molecule has 4 amide bonds. The fraction of sp³-hybridized carbons (Fsp3) is 0.667. The van der Waals surface area contributed by atoms with E-state index in [1.54, 1.807) is 25.1 Å². The molecular formula is C30H51N3O5. The molecule has 0 bridgehead atoms. The number of imide groups is 2. The van der Waals surface area contributed by atoms with Gasteiger partial charge in [0, 0.05) is 12.5 Å². The number of hydrogen-bond donors (Lipinski definition) is 2. The van der Waals surface area contributed by atoms with Gasteiger partial charge in [0.1, 0.15) is 5.75 Å². The van der Waals surface area contributed by atoms with Gasteiger partial charge in [0.2, 0.25) is 12.3 Å². The summed E-state index contributed by atoms with van der Waals surface area (Å²) in [5.41, 5.74) is 6.12. The molecule has 1 aliphatic heterocycles. The van der Waals surface area contributed by atoms with Crippen LogP contribution in [0.3, 0.4) is 0 Å². The van der Waals surface area contributed by atoms with Crippen LogP contribution in [0.25, 0.3) is 0 Å². The summed E-state index contributed by atoms with van der Waals surface area (Å²) in [6, 6.07) is 4.58. The second kappa shape index (κ2) is 22.3. The zero-order valence-electron chi connectivity index (χ0n) is 24.4. The molecule has 38 heavy (non-hydrogen) atoms. The highest BCUT2D eigenvalue weighted by Crippen LogP contribution is 2.33. The van der Waals surface area contributed by atoms with E-state index < -0.39 is 17.9 Å². The molecule has 0 fully saturated rings. The number of nitrogens with zero attached hydrogens (tertiary/aromatic N) is 1. The number of unbranched alkanes of at least 4 members (excludes halogenated alkanes) is 8. The standard InChI is InChI=1S/C24H35N3O5.C4H10.C2H6/c1-18(13-14-21(29)26-17-28)27-23(30)19-11-10-12-20(22(19)24(27)31)32-16-9-7-5-3-2-4-6-8-15-25;1-3-4-2;1-2/h10-12,17-18H,2-9,13-16,25H2,1H3,(H,26,28,29);3-4H2,1-2H3;1-2H3. The van der Waals surface area contributed by atoms with Crippen molar-refractivity contribution in [3.05, 3.63) is 29.3 Å². The summed E-state index contributed by atoms with van der Waals surface area (Å²) in [5, 5.41) is 2.06. The Morgan fingerprint density at radius 2 is 1.55 bits per heavy atom. The summed E-state index contributed by atoms with van der Waals surface area (Å²) in [6.07, 6.45) is 12.3. The van der Waals surface area contributed by atoms with Crippen molar-refractivity contribution < 1.29 is 23.9 Å². The Balaban J connectivity index is 0.00000208. The van der Waals surface area contributed by atoms with Crippen molar-refractivity contribution in [3.8, 4) is 5.75 Å². The smallest absolute Gasteiger partial charge is 0.265 e. The van der Waals surface area contributed by atoms with Crippen LogP contribution in [0.2, 0.25) is 0 Å². The second-order valence-corrected chi connectivity index (χ2v) is 9.20. The zero-order chi connectivity index (χ0) is 28.8. The molecule has 0 saturated heterocycles. The normalized spacial score (nSPS) is 12.5.